The van der Waals surface area contributed by atoms with Crippen LogP contribution in [0.5, 0.6) is 0 Å². The number of nitro benzene ring substituents is 1. The van der Waals surface area contributed by atoms with Gasteiger partial charge in [0.25, 0.3) is 5.69 Å². The zero-order valence-corrected chi connectivity index (χ0v) is 12.4. The fraction of sp³-hybridized carbons (Fsp3) is 0.154. The minimum absolute atomic E-state index is 0.0283. The van der Waals surface area contributed by atoms with E-state index in [0.717, 1.165) is 29.6 Å². The van der Waals surface area contributed by atoms with Gasteiger partial charge in [-0.3, -0.25) is 10.1 Å². The summed E-state index contributed by atoms with van der Waals surface area (Å²) in [5, 5.41) is 10.7. The van der Waals surface area contributed by atoms with E-state index >= 15 is 0 Å². The van der Waals surface area contributed by atoms with Crippen LogP contribution in [0.15, 0.2) is 41.6 Å². The molecule has 0 bridgehead atoms. The molecular formula is C13H8ClF3N2O2S. The fourth-order valence-electron chi connectivity index (χ4n) is 1.55. The third-order valence-electron chi connectivity index (χ3n) is 2.66. The monoisotopic (exact) mass is 348 g/mol. The van der Waals surface area contributed by atoms with Crippen molar-refractivity contribution in [3.63, 3.8) is 0 Å². The highest BCUT2D eigenvalue weighted by Crippen LogP contribution is 2.34. The molecule has 0 unspecified atom stereocenters. The molecule has 0 saturated heterocycles. The second-order valence-corrected chi connectivity index (χ2v) is 5.59. The second-order valence-electron chi connectivity index (χ2n) is 4.22. The summed E-state index contributed by atoms with van der Waals surface area (Å²) in [6.45, 7) is 0. The van der Waals surface area contributed by atoms with Crippen LogP contribution in [0.2, 0.25) is 5.02 Å². The molecule has 0 aliphatic heterocycles. The average Bonchev–Trinajstić information content (AvgIpc) is 2.45. The molecule has 1 heterocycles. The van der Waals surface area contributed by atoms with Crippen molar-refractivity contribution in [1.82, 2.24) is 4.98 Å². The van der Waals surface area contributed by atoms with Gasteiger partial charge in [0.05, 0.1) is 15.5 Å². The van der Waals surface area contributed by atoms with Crippen LogP contribution in [0.1, 0.15) is 11.1 Å². The van der Waals surface area contributed by atoms with E-state index in [-0.39, 0.29) is 15.7 Å². The Kier molecular flexibility index (Phi) is 4.92. The Labute approximate surface area is 132 Å². The molecule has 0 spiro atoms. The quantitative estimate of drug-likeness (QED) is 0.445. The van der Waals surface area contributed by atoms with E-state index in [4.69, 9.17) is 11.6 Å². The number of hydrogen-bond donors (Lipinski definition) is 0. The summed E-state index contributed by atoms with van der Waals surface area (Å²) < 4.78 is 37.5. The molecule has 1 aromatic heterocycles. The van der Waals surface area contributed by atoms with Crippen LogP contribution in [-0.2, 0) is 11.9 Å². The highest BCUT2D eigenvalue weighted by atomic mass is 35.5. The summed E-state index contributed by atoms with van der Waals surface area (Å²) in [4.78, 5) is 13.7. The van der Waals surface area contributed by atoms with E-state index in [2.05, 4.69) is 4.98 Å². The second kappa shape index (κ2) is 6.53. The largest absolute Gasteiger partial charge is 0.417 e. The molecule has 0 amide bonds. The van der Waals surface area contributed by atoms with Crippen LogP contribution in [-0.4, -0.2) is 9.91 Å². The minimum atomic E-state index is -4.49. The maximum Gasteiger partial charge on any atom is 0.417 e. The van der Waals surface area contributed by atoms with Gasteiger partial charge in [0.15, 0.2) is 0 Å². The van der Waals surface area contributed by atoms with E-state index in [1.807, 2.05) is 0 Å². The van der Waals surface area contributed by atoms with Crippen LogP contribution in [0.3, 0.4) is 0 Å². The first-order valence-corrected chi connectivity index (χ1v) is 7.22. The lowest BCUT2D eigenvalue weighted by Crippen LogP contribution is -2.05. The molecule has 0 N–H and O–H groups in total. The molecule has 0 saturated carbocycles. The smallest absolute Gasteiger partial charge is 0.258 e. The molecule has 0 fully saturated rings. The van der Waals surface area contributed by atoms with Crippen LogP contribution in [0.4, 0.5) is 18.9 Å². The van der Waals surface area contributed by atoms with Crippen molar-refractivity contribution < 1.29 is 18.1 Å². The van der Waals surface area contributed by atoms with Gasteiger partial charge in [-0.25, -0.2) is 4.98 Å². The van der Waals surface area contributed by atoms with E-state index in [9.17, 15) is 23.3 Å². The Hall–Kier alpha value is -1.80. The molecule has 0 aliphatic rings. The number of alkyl halides is 3. The number of nitrogens with zero attached hydrogens (tertiary/aromatic N) is 2. The number of aromatic nitrogens is 1. The standard InChI is InChI=1S/C13H8ClF3N2O2S/c14-11-5-9(13(15,16)17)6-18-12(11)22-7-8-1-3-10(4-2-8)19(20)21/h1-6H,7H2. The Morgan fingerprint density at radius 3 is 2.41 bits per heavy atom. The number of halogens is 4. The van der Waals surface area contributed by atoms with Crippen molar-refractivity contribution in [3.8, 4) is 0 Å². The molecule has 116 valence electrons. The maximum absolute atomic E-state index is 12.5. The Balaban J connectivity index is 2.07. The van der Waals surface area contributed by atoms with Crippen LogP contribution in [0, 0.1) is 10.1 Å². The third kappa shape index (κ3) is 4.11. The number of benzene rings is 1. The molecular weight excluding hydrogens is 341 g/mol. The van der Waals surface area contributed by atoms with Gasteiger partial charge in [-0.15, -0.1) is 11.8 Å². The fourth-order valence-corrected chi connectivity index (χ4v) is 2.70. The molecule has 22 heavy (non-hydrogen) atoms. The van der Waals surface area contributed by atoms with Gasteiger partial charge in [-0.05, 0) is 11.6 Å². The average molecular weight is 349 g/mol. The third-order valence-corrected chi connectivity index (χ3v) is 4.13. The highest BCUT2D eigenvalue weighted by Gasteiger charge is 2.31. The minimum Gasteiger partial charge on any atom is -0.258 e. The van der Waals surface area contributed by atoms with Crippen molar-refractivity contribution in [3.05, 3.63) is 62.8 Å². The number of rotatable bonds is 4. The van der Waals surface area contributed by atoms with Crippen molar-refractivity contribution in [2.24, 2.45) is 0 Å². The summed E-state index contributed by atoms with van der Waals surface area (Å²) >= 11 is 6.95. The van der Waals surface area contributed by atoms with E-state index in [0.29, 0.717) is 5.75 Å². The van der Waals surface area contributed by atoms with Crippen molar-refractivity contribution >= 4 is 29.1 Å². The SMILES string of the molecule is O=[N+]([O-])c1ccc(CSc2ncc(C(F)(F)F)cc2Cl)cc1. The zero-order chi connectivity index (χ0) is 16.3. The summed E-state index contributed by atoms with van der Waals surface area (Å²) in [6, 6.07) is 6.69. The topological polar surface area (TPSA) is 56.0 Å². The summed E-state index contributed by atoms with van der Waals surface area (Å²) in [6.07, 6.45) is -3.76. The maximum atomic E-state index is 12.5. The number of nitro groups is 1. The van der Waals surface area contributed by atoms with Crippen molar-refractivity contribution in [2.45, 2.75) is 17.0 Å². The molecule has 9 heteroatoms. The number of non-ortho nitro benzene ring substituents is 1. The van der Waals surface area contributed by atoms with Crippen LogP contribution >= 0.6 is 23.4 Å². The van der Waals surface area contributed by atoms with Gasteiger partial charge in [-0.2, -0.15) is 13.2 Å². The Morgan fingerprint density at radius 2 is 1.91 bits per heavy atom. The van der Waals surface area contributed by atoms with Gasteiger partial charge >= 0.3 is 6.18 Å². The molecule has 2 aromatic rings. The first-order valence-electron chi connectivity index (χ1n) is 5.86. The lowest BCUT2D eigenvalue weighted by molar-refractivity contribution is -0.384. The normalized spacial score (nSPS) is 11.5. The molecule has 0 aliphatic carbocycles. The van der Waals surface area contributed by atoms with Crippen LogP contribution in [0.25, 0.3) is 0 Å². The molecule has 1 aromatic carbocycles. The molecule has 4 nitrogen and oxygen atoms in total. The lowest BCUT2D eigenvalue weighted by atomic mass is 10.2. The predicted octanol–water partition coefficient (Wildman–Crippen LogP) is 4.95. The number of hydrogen-bond acceptors (Lipinski definition) is 4. The molecule has 2 rings (SSSR count). The van der Waals surface area contributed by atoms with E-state index in [1.165, 1.54) is 12.1 Å². The molecule has 0 radical (unpaired) electrons. The first-order chi connectivity index (χ1) is 10.3. The van der Waals surface area contributed by atoms with Crippen molar-refractivity contribution in [2.75, 3.05) is 0 Å². The van der Waals surface area contributed by atoms with Gasteiger partial charge < -0.3 is 0 Å². The van der Waals surface area contributed by atoms with E-state index < -0.39 is 16.7 Å². The predicted molar refractivity (Wildman–Crippen MR) is 76.9 cm³/mol. The van der Waals surface area contributed by atoms with Gasteiger partial charge in [0.1, 0.15) is 5.03 Å². The summed E-state index contributed by atoms with van der Waals surface area (Å²) in [5.74, 6) is 0.385. The number of pyridine rings is 1. The van der Waals surface area contributed by atoms with E-state index in [1.54, 1.807) is 12.1 Å². The van der Waals surface area contributed by atoms with Gasteiger partial charge in [-0.1, -0.05) is 23.7 Å². The van der Waals surface area contributed by atoms with Gasteiger partial charge in [0.2, 0.25) is 0 Å². The first kappa shape index (κ1) is 16.6. The zero-order valence-electron chi connectivity index (χ0n) is 10.8. The summed E-state index contributed by atoms with van der Waals surface area (Å²) in [5.41, 5.74) is -0.162. The Bertz CT molecular complexity index is 693. The summed E-state index contributed by atoms with van der Waals surface area (Å²) in [7, 11) is 0. The number of thioether (sulfide) groups is 1. The van der Waals surface area contributed by atoms with Crippen LogP contribution < -0.4 is 0 Å². The van der Waals surface area contributed by atoms with Gasteiger partial charge in [0, 0.05) is 24.1 Å². The molecule has 0 atom stereocenters. The van der Waals surface area contributed by atoms with Crippen molar-refractivity contribution in [1.29, 1.82) is 0 Å². The lowest BCUT2D eigenvalue weighted by Gasteiger charge is -2.08. The highest BCUT2D eigenvalue weighted by molar-refractivity contribution is 7.98. The Morgan fingerprint density at radius 1 is 1.27 bits per heavy atom.